The lowest BCUT2D eigenvalue weighted by Crippen LogP contribution is -2.29. The van der Waals surface area contributed by atoms with Gasteiger partial charge in [-0.25, -0.2) is 4.98 Å². The van der Waals surface area contributed by atoms with E-state index in [0.717, 1.165) is 16.2 Å². The Morgan fingerprint density at radius 2 is 1.92 bits per heavy atom. The Morgan fingerprint density at radius 3 is 2.46 bits per heavy atom. The second-order valence-electron chi connectivity index (χ2n) is 5.85. The van der Waals surface area contributed by atoms with Crippen molar-refractivity contribution in [2.24, 2.45) is 0 Å². The van der Waals surface area contributed by atoms with E-state index in [4.69, 9.17) is 4.74 Å². The summed E-state index contributed by atoms with van der Waals surface area (Å²) < 4.78 is 6.76. The van der Waals surface area contributed by atoms with Gasteiger partial charge in [-0.3, -0.25) is 4.90 Å². The maximum absolute atomic E-state index is 10.8. The highest BCUT2D eigenvalue weighted by Gasteiger charge is 2.28. The fraction of sp³-hybridized carbons (Fsp3) is 0.263. The number of nitrogens with zero attached hydrogens (tertiary/aromatic N) is 4. The molecule has 1 N–H and O–H groups in total. The smallest absolute Gasteiger partial charge is 0.230 e. The molecule has 0 radical (unpaired) electrons. The van der Waals surface area contributed by atoms with Gasteiger partial charge in [0, 0.05) is 13.1 Å². The van der Waals surface area contributed by atoms with Gasteiger partial charge < -0.3 is 9.84 Å². The molecule has 0 saturated heterocycles. The minimum Gasteiger partial charge on any atom is -0.497 e. The molecule has 0 aliphatic rings. The first-order valence-electron chi connectivity index (χ1n) is 8.23. The molecule has 1 atom stereocenters. The molecule has 0 fully saturated rings. The Balaban J connectivity index is 2.13. The average Bonchev–Trinajstić information content (AvgIpc) is 3.14. The number of aromatic nitrogens is 3. The summed E-state index contributed by atoms with van der Waals surface area (Å²) in [5.74, 6) is 1.53. The lowest BCUT2D eigenvalue weighted by molar-refractivity contribution is 0.274. The minimum atomic E-state index is -0.175. The molecule has 26 heavy (non-hydrogen) atoms. The van der Waals surface area contributed by atoms with Crippen LogP contribution in [0, 0.1) is 6.92 Å². The fourth-order valence-electron chi connectivity index (χ4n) is 2.96. The van der Waals surface area contributed by atoms with E-state index in [1.807, 2.05) is 43.3 Å². The van der Waals surface area contributed by atoms with E-state index >= 15 is 0 Å². The first kappa shape index (κ1) is 18.2. The summed E-state index contributed by atoms with van der Waals surface area (Å²) in [4.78, 5) is 8.02. The molecule has 0 bridgehead atoms. The van der Waals surface area contributed by atoms with Crippen LogP contribution in [0.25, 0.3) is 4.96 Å². The number of thiazole rings is 1. The lowest BCUT2D eigenvalue weighted by atomic mass is 10.0. The summed E-state index contributed by atoms with van der Waals surface area (Å²) in [5.41, 5.74) is 1.03. The summed E-state index contributed by atoms with van der Waals surface area (Å²) in [6.45, 7) is 10.8. The van der Waals surface area contributed by atoms with E-state index in [-0.39, 0.29) is 11.9 Å². The molecule has 136 valence electrons. The number of methoxy groups -OCH3 is 1. The fourth-order valence-corrected chi connectivity index (χ4v) is 4.12. The number of fused-ring (bicyclic) bond motifs is 1. The van der Waals surface area contributed by atoms with Gasteiger partial charge in [0.2, 0.25) is 10.8 Å². The van der Waals surface area contributed by atoms with Crippen molar-refractivity contribution in [1.82, 2.24) is 19.5 Å². The van der Waals surface area contributed by atoms with Crippen molar-refractivity contribution in [3.63, 3.8) is 0 Å². The van der Waals surface area contributed by atoms with E-state index in [9.17, 15) is 5.11 Å². The lowest BCUT2D eigenvalue weighted by Gasteiger charge is -2.29. The van der Waals surface area contributed by atoms with Crippen molar-refractivity contribution in [2.45, 2.75) is 13.0 Å². The SMILES string of the molecule is C=CCN(CC=C)C(c1ccc(OC)cc1)c1sc2nc(C)nn2c1O. The number of aromatic hydroxyl groups is 1. The Hall–Kier alpha value is -2.64. The molecule has 3 rings (SSSR count). The standard InChI is InChI=1S/C19H22N4O2S/c1-5-11-22(12-6-2)16(14-7-9-15(25-4)10-8-14)17-18(24)23-19(26-17)20-13(3)21-23/h5-10,16,24H,1-2,11-12H2,3-4H3. The van der Waals surface area contributed by atoms with Crippen LogP contribution < -0.4 is 4.74 Å². The number of rotatable bonds is 8. The Bertz CT molecular complexity index is 904. The molecule has 1 unspecified atom stereocenters. The van der Waals surface area contributed by atoms with Crippen LogP contribution in [-0.4, -0.2) is 44.8 Å². The van der Waals surface area contributed by atoms with Gasteiger partial charge in [0.15, 0.2) is 0 Å². The van der Waals surface area contributed by atoms with Crippen molar-refractivity contribution in [2.75, 3.05) is 20.2 Å². The highest BCUT2D eigenvalue weighted by molar-refractivity contribution is 7.17. The van der Waals surface area contributed by atoms with E-state index in [0.29, 0.717) is 23.9 Å². The van der Waals surface area contributed by atoms with Gasteiger partial charge in [0.1, 0.15) is 11.6 Å². The van der Waals surface area contributed by atoms with Crippen LogP contribution in [0.15, 0.2) is 49.6 Å². The number of hydrogen-bond acceptors (Lipinski definition) is 6. The van der Waals surface area contributed by atoms with Crippen LogP contribution >= 0.6 is 11.3 Å². The van der Waals surface area contributed by atoms with Crippen LogP contribution in [0.2, 0.25) is 0 Å². The average molecular weight is 370 g/mol. The molecule has 0 saturated carbocycles. The van der Waals surface area contributed by atoms with Crippen LogP contribution in [-0.2, 0) is 0 Å². The zero-order valence-corrected chi connectivity index (χ0v) is 15.7. The van der Waals surface area contributed by atoms with Gasteiger partial charge in [-0.05, 0) is 24.6 Å². The van der Waals surface area contributed by atoms with Gasteiger partial charge in [0.25, 0.3) is 0 Å². The van der Waals surface area contributed by atoms with Gasteiger partial charge in [-0.2, -0.15) is 4.52 Å². The summed E-state index contributed by atoms with van der Waals surface area (Å²) in [6.07, 6.45) is 3.69. The van der Waals surface area contributed by atoms with Gasteiger partial charge in [-0.15, -0.1) is 18.3 Å². The minimum absolute atomic E-state index is 0.115. The van der Waals surface area contributed by atoms with Crippen molar-refractivity contribution in [1.29, 1.82) is 0 Å². The van der Waals surface area contributed by atoms with Crippen molar-refractivity contribution < 1.29 is 9.84 Å². The van der Waals surface area contributed by atoms with E-state index in [1.165, 1.54) is 15.9 Å². The van der Waals surface area contributed by atoms with Crippen LogP contribution in [0.3, 0.4) is 0 Å². The van der Waals surface area contributed by atoms with Crippen molar-refractivity contribution in [3.8, 4) is 11.6 Å². The molecule has 1 aromatic carbocycles. The molecular formula is C19H22N4O2S. The molecular weight excluding hydrogens is 348 g/mol. The third-order valence-electron chi connectivity index (χ3n) is 4.08. The molecule has 2 heterocycles. The maximum Gasteiger partial charge on any atom is 0.230 e. The quantitative estimate of drug-likeness (QED) is 0.614. The topological polar surface area (TPSA) is 62.9 Å². The summed E-state index contributed by atoms with van der Waals surface area (Å²) in [5, 5.41) is 15.1. The number of aryl methyl sites for hydroxylation is 1. The highest BCUT2D eigenvalue weighted by atomic mass is 32.1. The first-order valence-corrected chi connectivity index (χ1v) is 9.05. The van der Waals surface area contributed by atoms with Gasteiger partial charge in [0.05, 0.1) is 18.0 Å². The third-order valence-corrected chi connectivity index (χ3v) is 5.15. The largest absolute Gasteiger partial charge is 0.497 e. The molecule has 0 amide bonds. The summed E-state index contributed by atoms with van der Waals surface area (Å²) >= 11 is 1.44. The molecule has 0 spiro atoms. The normalized spacial score (nSPS) is 12.4. The third kappa shape index (κ3) is 3.36. The predicted octanol–water partition coefficient (Wildman–Crippen LogP) is 3.58. The molecule has 3 aromatic rings. The molecule has 2 aromatic heterocycles. The van der Waals surface area contributed by atoms with E-state index < -0.39 is 0 Å². The van der Waals surface area contributed by atoms with E-state index in [2.05, 4.69) is 28.1 Å². The first-order chi connectivity index (χ1) is 12.6. The highest BCUT2D eigenvalue weighted by Crippen LogP contribution is 2.40. The predicted molar refractivity (Wildman–Crippen MR) is 104 cm³/mol. The number of hydrogen-bond donors (Lipinski definition) is 1. The molecule has 0 aliphatic heterocycles. The number of benzene rings is 1. The van der Waals surface area contributed by atoms with Gasteiger partial charge in [-0.1, -0.05) is 35.6 Å². The monoisotopic (exact) mass is 370 g/mol. The molecule has 0 aliphatic carbocycles. The second kappa shape index (κ2) is 7.72. The van der Waals surface area contributed by atoms with Crippen molar-refractivity contribution >= 4 is 16.3 Å². The molecule has 6 nitrogen and oxygen atoms in total. The van der Waals surface area contributed by atoms with Crippen LogP contribution in [0.4, 0.5) is 0 Å². The second-order valence-corrected chi connectivity index (χ2v) is 6.86. The Labute approximate surface area is 156 Å². The molecule has 7 heteroatoms. The Kier molecular flexibility index (Phi) is 5.39. The van der Waals surface area contributed by atoms with Gasteiger partial charge >= 0.3 is 0 Å². The maximum atomic E-state index is 10.8. The Morgan fingerprint density at radius 1 is 1.27 bits per heavy atom. The van der Waals surface area contributed by atoms with E-state index in [1.54, 1.807) is 7.11 Å². The summed E-state index contributed by atoms with van der Waals surface area (Å²) in [7, 11) is 1.64. The van der Waals surface area contributed by atoms with Crippen molar-refractivity contribution in [3.05, 3.63) is 65.8 Å². The van der Waals surface area contributed by atoms with Crippen LogP contribution in [0.1, 0.15) is 22.3 Å². The zero-order chi connectivity index (χ0) is 18.7. The summed E-state index contributed by atoms with van der Waals surface area (Å²) in [6, 6.07) is 7.67. The van der Waals surface area contributed by atoms with Crippen LogP contribution in [0.5, 0.6) is 11.6 Å². The number of ether oxygens (including phenoxy) is 1. The zero-order valence-electron chi connectivity index (χ0n) is 14.9.